The van der Waals surface area contributed by atoms with Crippen LogP contribution in [0.25, 0.3) is 11.3 Å². The van der Waals surface area contributed by atoms with E-state index in [1.165, 1.54) is 5.56 Å². The highest BCUT2D eigenvalue weighted by Gasteiger charge is 2.12. The van der Waals surface area contributed by atoms with Crippen molar-refractivity contribution in [3.8, 4) is 11.3 Å². The fourth-order valence-corrected chi connectivity index (χ4v) is 1.69. The standard InChI is InChI=1S/C14H14O2/c1-9-4-6-12(7-5-9)14-8-13(10(2)15)11(3)16-14/h4-8H,1-3H3. The van der Waals surface area contributed by atoms with Crippen molar-refractivity contribution < 1.29 is 9.21 Å². The molecule has 2 rings (SSSR count). The summed E-state index contributed by atoms with van der Waals surface area (Å²) in [5.41, 5.74) is 2.87. The summed E-state index contributed by atoms with van der Waals surface area (Å²) in [6.07, 6.45) is 0. The molecule has 2 aromatic rings. The molecule has 2 nitrogen and oxygen atoms in total. The van der Waals surface area contributed by atoms with Gasteiger partial charge in [-0.05, 0) is 26.8 Å². The van der Waals surface area contributed by atoms with Gasteiger partial charge in [-0.2, -0.15) is 0 Å². The number of carbonyl (C=O) groups excluding carboxylic acids is 1. The summed E-state index contributed by atoms with van der Waals surface area (Å²) in [4.78, 5) is 11.3. The number of benzene rings is 1. The molecule has 0 aliphatic heterocycles. The molecule has 0 fully saturated rings. The van der Waals surface area contributed by atoms with E-state index in [4.69, 9.17) is 4.42 Å². The summed E-state index contributed by atoms with van der Waals surface area (Å²) < 4.78 is 5.58. The first-order chi connectivity index (χ1) is 7.58. The summed E-state index contributed by atoms with van der Waals surface area (Å²) in [5, 5.41) is 0. The second-order valence-corrected chi connectivity index (χ2v) is 4.00. The van der Waals surface area contributed by atoms with Gasteiger partial charge < -0.3 is 4.42 Å². The Morgan fingerprint density at radius 3 is 2.25 bits per heavy atom. The minimum Gasteiger partial charge on any atom is -0.461 e. The van der Waals surface area contributed by atoms with Crippen LogP contribution < -0.4 is 0 Å². The Morgan fingerprint density at radius 2 is 1.75 bits per heavy atom. The highest BCUT2D eigenvalue weighted by molar-refractivity contribution is 5.96. The maximum atomic E-state index is 11.3. The van der Waals surface area contributed by atoms with Crippen LogP contribution in [-0.2, 0) is 0 Å². The Hall–Kier alpha value is -1.83. The van der Waals surface area contributed by atoms with E-state index in [1.54, 1.807) is 6.92 Å². The van der Waals surface area contributed by atoms with Crippen molar-refractivity contribution >= 4 is 5.78 Å². The Bertz CT molecular complexity index is 518. The third-order valence-corrected chi connectivity index (χ3v) is 2.63. The van der Waals surface area contributed by atoms with Crippen LogP contribution in [0.2, 0.25) is 0 Å². The highest BCUT2D eigenvalue weighted by Crippen LogP contribution is 2.25. The van der Waals surface area contributed by atoms with Crippen molar-refractivity contribution in [2.75, 3.05) is 0 Å². The molecular weight excluding hydrogens is 200 g/mol. The summed E-state index contributed by atoms with van der Waals surface area (Å²) in [6, 6.07) is 9.86. The summed E-state index contributed by atoms with van der Waals surface area (Å²) in [5.74, 6) is 1.48. The van der Waals surface area contributed by atoms with Crippen molar-refractivity contribution in [1.82, 2.24) is 0 Å². The Kier molecular flexibility index (Phi) is 2.65. The first-order valence-electron chi connectivity index (χ1n) is 5.26. The van der Waals surface area contributed by atoms with E-state index in [0.717, 1.165) is 11.3 Å². The number of aryl methyl sites for hydroxylation is 2. The minimum atomic E-state index is 0.0413. The molecule has 1 aromatic heterocycles. The molecule has 0 aliphatic carbocycles. The molecule has 1 aromatic carbocycles. The fourth-order valence-electron chi connectivity index (χ4n) is 1.69. The second kappa shape index (κ2) is 3.97. The first kappa shape index (κ1) is 10.7. The van der Waals surface area contributed by atoms with Gasteiger partial charge in [0.1, 0.15) is 11.5 Å². The topological polar surface area (TPSA) is 30.2 Å². The molecule has 16 heavy (non-hydrogen) atoms. The van der Waals surface area contributed by atoms with Crippen LogP contribution in [0.3, 0.4) is 0 Å². The molecule has 0 N–H and O–H groups in total. The lowest BCUT2D eigenvalue weighted by Crippen LogP contribution is -1.90. The predicted octanol–water partition coefficient (Wildman–Crippen LogP) is 3.77. The van der Waals surface area contributed by atoms with E-state index >= 15 is 0 Å². The van der Waals surface area contributed by atoms with Crippen LogP contribution in [-0.4, -0.2) is 5.78 Å². The zero-order chi connectivity index (χ0) is 11.7. The number of carbonyl (C=O) groups is 1. The third kappa shape index (κ3) is 1.91. The maximum absolute atomic E-state index is 11.3. The highest BCUT2D eigenvalue weighted by atomic mass is 16.3. The van der Waals surface area contributed by atoms with E-state index in [1.807, 2.05) is 44.2 Å². The third-order valence-electron chi connectivity index (χ3n) is 2.63. The van der Waals surface area contributed by atoms with E-state index in [2.05, 4.69) is 0 Å². The van der Waals surface area contributed by atoms with Crippen molar-refractivity contribution in [2.45, 2.75) is 20.8 Å². The number of ketones is 1. The van der Waals surface area contributed by atoms with Gasteiger partial charge >= 0.3 is 0 Å². The van der Waals surface area contributed by atoms with Crippen molar-refractivity contribution in [1.29, 1.82) is 0 Å². The van der Waals surface area contributed by atoms with Crippen LogP contribution in [0.5, 0.6) is 0 Å². The van der Waals surface area contributed by atoms with E-state index in [0.29, 0.717) is 11.3 Å². The summed E-state index contributed by atoms with van der Waals surface area (Å²) in [7, 11) is 0. The van der Waals surface area contributed by atoms with Crippen LogP contribution in [0, 0.1) is 13.8 Å². The Balaban J connectivity index is 2.45. The molecule has 0 aliphatic rings. The average Bonchev–Trinajstić information content (AvgIpc) is 2.61. The second-order valence-electron chi connectivity index (χ2n) is 4.00. The molecule has 0 bridgehead atoms. The van der Waals surface area contributed by atoms with E-state index in [9.17, 15) is 4.79 Å². The smallest absolute Gasteiger partial charge is 0.163 e. The molecule has 0 saturated carbocycles. The van der Waals surface area contributed by atoms with Gasteiger partial charge in [0.05, 0.1) is 5.56 Å². The zero-order valence-electron chi connectivity index (χ0n) is 9.70. The number of hydrogen-bond donors (Lipinski definition) is 0. The van der Waals surface area contributed by atoms with Gasteiger partial charge in [-0.1, -0.05) is 29.8 Å². The lowest BCUT2D eigenvalue weighted by Gasteiger charge is -1.96. The molecule has 0 spiro atoms. The molecule has 1 heterocycles. The molecule has 0 atom stereocenters. The van der Waals surface area contributed by atoms with Crippen LogP contribution in [0.15, 0.2) is 34.7 Å². The SMILES string of the molecule is CC(=O)c1cc(-c2ccc(C)cc2)oc1C. The molecule has 82 valence electrons. The largest absolute Gasteiger partial charge is 0.461 e. The van der Waals surface area contributed by atoms with Crippen molar-refractivity contribution in [3.05, 3.63) is 47.2 Å². The lowest BCUT2D eigenvalue weighted by atomic mass is 10.1. The zero-order valence-corrected chi connectivity index (χ0v) is 9.70. The van der Waals surface area contributed by atoms with E-state index < -0.39 is 0 Å². The number of furan rings is 1. The van der Waals surface area contributed by atoms with Gasteiger partial charge in [0.2, 0.25) is 0 Å². The molecule has 2 heteroatoms. The van der Waals surface area contributed by atoms with Crippen LogP contribution in [0.4, 0.5) is 0 Å². The Morgan fingerprint density at radius 1 is 1.12 bits per heavy atom. The molecular formula is C14H14O2. The van der Waals surface area contributed by atoms with Gasteiger partial charge in [-0.25, -0.2) is 0 Å². The van der Waals surface area contributed by atoms with Crippen LogP contribution >= 0.6 is 0 Å². The molecule has 0 saturated heterocycles. The molecule has 0 amide bonds. The monoisotopic (exact) mass is 214 g/mol. The van der Waals surface area contributed by atoms with Crippen LogP contribution in [0.1, 0.15) is 28.6 Å². The molecule has 0 unspecified atom stereocenters. The molecule has 0 radical (unpaired) electrons. The van der Waals surface area contributed by atoms with Gasteiger partial charge in [-0.15, -0.1) is 0 Å². The quantitative estimate of drug-likeness (QED) is 0.712. The van der Waals surface area contributed by atoms with Crippen molar-refractivity contribution in [3.63, 3.8) is 0 Å². The lowest BCUT2D eigenvalue weighted by molar-refractivity contribution is 0.101. The van der Waals surface area contributed by atoms with Crippen molar-refractivity contribution in [2.24, 2.45) is 0 Å². The maximum Gasteiger partial charge on any atom is 0.163 e. The fraction of sp³-hybridized carbons (Fsp3) is 0.214. The number of Topliss-reactive ketones (excluding diaryl/α,β-unsaturated/α-hetero) is 1. The van der Waals surface area contributed by atoms with Gasteiger partial charge in [0.25, 0.3) is 0 Å². The minimum absolute atomic E-state index is 0.0413. The summed E-state index contributed by atoms with van der Waals surface area (Å²) >= 11 is 0. The number of rotatable bonds is 2. The summed E-state index contributed by atoms with van der Waals surface area (Å²) in [6.45, 7) is 5.41. The van der Waals surface area contributed by atoms with Gasteiger partial charge in [-0.3, -0.25) is 4.79 Å². The first-order valence-corrected chi connectivity index (χ1v) is 5.26. The van der Waals surface area contributed by atoms with E-state index in [-0.39, 0.29) is 5.78 Å². The number of hydrogen-bond acceptors (Lipinski definition) is 2. The normalized spacial score (nSPS) is 10.4. The van der Waals surface area contributed by atoms with Gasteiger partial charge in [0.15, 0.2) is 5.78 Å². The average molecular weight is 214 g/mol. The Labute approximate surface area is 94.9 Å². The predicted molar refractivity (Wildman–Crippen MR) is 63.6 cm³/mol. The van der Waals surface area contributed by atoms with Gasteiger partial charge in [0, 0.05) is 5.56 Å².